The molecule has 0 radical (unpaired) electrons. The summed E-state index contributed by atoms with van der Waals surface area (Å²) < 4.78 is 26.3. The molecule has 7 heteroatoms. The second-order valence-corrected chi connectivity index (χ2v) is 5.33. The topological polar surface area (TPSA) is 77.8 Å². The average Bonchev–Trinajstić information content (AvgIpc) is 2.65. The van der Waals surface area contributed by atoms with Crippen molar-refractivity contribution in [3.05, 3.63) is 83.7 Å². The third-order valence-electron chi connectivity index (χ3n) is 3.45. The Kier molecular flexibility index (Phi) is 4.85. The molecule has 5 nitrogen and oxygen atoms in total. The summed E-state index contributed by atoms with van der Waals surface area (Å²) in [5.74, 6) is -2.38. The highest BCUT2D eigenvalue weighted by atomic mass is 19.2. The summed E-state index contributed by atoms with van der Waals surface area (Å²) in [6, 6.07) is 14.9. The first kappa shape index (κ1) is 17.0. The number of hydrogen-bond donors (Lipinski definition) is 2. The van der Waals surface area contributed by atoms with E-state index in [2.05, 4.69) is 15.6 Å². The van der Waals surface area contributed by atoms with Crippen molar-refractivity contribution in [2.24, 2.45) is 0 Å². The minimum atomic E-state index is -0.973. The molecule has 0 aliphatic carbocycles. The van der Waals surface area contributed by atoms with Crippen LogP contribution in [0.15, 0.2) is 60.8 Å². The maximum Gasteiger partial charge on any atom is 0.274 e. The lowest BCUT2D eigenvalue weighted by Crippen LogP contribution is -2.13. The molecule has 0 bridgehead atoms. The molecule has 3 rings (SSSR count). The molecule has 2 N–H and O–H groups in total. The number of benzene rings is 2. The Bertz CT molecular complexity index is 1010. The van der Waals surface area contributed by atoms with Crippen molar-refractivity contribution >= 4 is 23.0 Å². The number of pyridine rings is 1. The van der Waals surface area contributed by atoms with Crippen LogP contribution in [0.25, 0.3) is 0 Å². The highest BCUT2D eigenvalue weighted by molar-refractivity contribution is 6.03. The number of nitriles is 1. The van der Waals surface area contributed by atoms with Gasteiger partial charge in [-0.15, -0.1) is 0 Å². The van der Waals surface area contributed by atoms with Gasteiger partial charge in [0.05, 0.1) is 11.6 Å². The predicted octanol–water partition coefficient (Wildman–Crippen LogP) is 4.23. The van der Waals surface area contributed by atoms with Gasteiger partial charge in [-0.1, -0.05) is 6.07 Å². The van der Waals surface area contributed by atoms with Gasteiger partial charge >= 0.3 is 0 Å². The summed E-state index contributed by atoms with van der Waals surface area (Å²) in [5.41, 5.74) is 1.84. The van der Waals surface area contributed by atoms with Gasteiger partial charge in [0, 0.05) is 29.3 Å². The normalized spacial score (nSPS) is 10.0. The number of hydrogen-bond acceptors (Lipinski definition) is 4. The number of carbonyl (C=O) groups is 1. The predicted molar refractivity (Wildman–Crippen MR) is 93.0 cm³/mol. The van der Waals surface area contributed by atoms with Crippen molar-refractivity contribution in [2.45, 2.75) is 0 Å². The summed E-state index contributed by atoms with van der Waals surface area (Å²) in [7, 11) is 0. The largest absolute Gasteiger partial charge is 0.355 e. The quantitative estimate of drug-likeness (QED) is 0.738. The zero-order valence-electron chi connectivity index (χ0n) is 13.3. The second-order valence-electron chi connectivity index (χ2n) is 5.33. The van der Waals surface area contributed by atoms with Crippen molar-refractivity contribution in [3.8, 4) is 6.07 Å². The first-order valence-corrected chi connectivity index (χ1v) is 7.55. The van der Waals surface area contributed by atoms with Gasteiger partial charge in [0.15, 0.2) is 11.6 Å². The SMILES string of the molecule is N#Cc1cccc(NC(=O)c2cc(Nc3ccc(F)c(F)c3)ccn2)c1. The molecule has 1 heterocycles. The summed E-state index contributed by atoms with van der Waals surface area (Å²) >= 11 is 0. The van der Waals surface area contributed by atoms with Crippen LogP contribution in [0.3, 0.4) is 0 Å². The molecule has 0 aliphatic heterocycles. The van der Waals surface area contributed by atoms with Gasteiger partial charge in [-0.3, -0.25) is 9.78 Å². The summed E-state index contributed by atoms with van der Waals surface area (Å²) in [6.45, 7) is 0. The zero-order valence-corrected chi connectivity index (χ0v) is 13.3. The van der Waals surface area contributed by atoms with E-state index >= 15 is 0 Å². The maximum atomic E-state index is 13.3. The Balaban J connectivity index is 1.76. The summed E-state index contributed by atoms with van der Waals surface area (Å²) in [5, 5.41) is 14.4. The van der Waals surface area contributed by atoms with Crippen LogP contribution in [0.1, 0.15) is 16.1 Å². The monoisotopic (exact) mass is 350 g/mol. The first-order valence-electron chi connectivity index (χ1n) is 7.55. The van der Waals surface area contributed by atoms with Crippen molar-refractivity contribution in [3.63, 3.8) is 0 Å². The molecule has 2 aromatic carbocycles. The fourth-order valence-corrected chi connectivity index (χ4v) is 2.23. The minimum Gasteiger partial charge on any atom is -0.355 e. The maximum absolute atomic E-state index is 13.3. The molecule has 128 valence electrons. The number of nitrogens with zero attached hydrogens (tertiary/aromatic N) is 2. The number of aromatic nitrogens is 1. The van der Waals surface area contributed by atoms with Gasteiger partial charge in [0.1, 0.15) is 5.69 Å². The van der Waals surface area contributed by atoms with Crippen LogP contribution >= 0.6 is 0 Å². The number of carbonyl (C=O) groups excluding carboxylic acids is 1. The third-order valence-corrected chi connectivity index (χ3v) is 3.45. The van der Waals surface area contributed by atoms with Crippen LogP contribution in [0, 0.1) is 23.0 Å². The molecule has 1 amide bonds. The average molecular weight is 350 g/mol. The number of nitrogens with one attached hydrogen (secondary N) is 2. The number of amides is 1. The summed E-state index contributed by atoms with van der Waals surface area (Å²) in [4.78, 5) is 16.3. The highest BCUT2D eigenvalue weighted by Gasteiger charge is 2.10. The van der Waals surface area contributed by atoms with Crippen LogP contribution in [0.5, 0.6) is 0 Å². The Morgan fingerprint density at radius 2 is 1.77 bits per heavy atom. The molecule has 0 unspecified atom stereocenters. The second kappa shape index (κ2) is 7.40. The Morgan fingerprint density at radius 3 is 2.54 bits per heavy atom. The lowest BCUT2D eigenvalue weighted by Gasteiger charge is -2.09. The van der Waals surface area contributed by atoms with Crippen LogP contribution in [0.4, 0.5) is 25.8 Å². The van der Waals surface area contributed by atoms with E-state index in [1.54, 1.807) is 30.3 Å². The van der Waals surface area contributed by atoms with Gasteiger partial charge in [-0.2, -0.15) is 5.26 Å². The lowest BCUT2D eigenvalue weighted by molar-refractivity contribution is 0.102. The molecule has 0 fully saturated rings. The molecule has 0 atom stereocenters. The van der Waals surface area contributed by atoms with Crippen molar-refractivity contribution in [2.75, 3.05) is 10.6 Å². The van der Waals surface area contributed by atoms with Crippen LogP contribution < -0.4 is 10.6 Å². The fraction of sp³-hybridized carbons (Fsp3) is 0. The van der Waals surface area contributed by atoms with E-state index in [1.165, 1.54) is 18.3 Å². The molecule has 26 heavy (non-hydrogen) atoms. The molecule has 0 saturated carbocycles. The standard InChI is InChI=1S/C19H12F2N4O/c20-16-5-4-14(9-17(16)21)24-15-6-7-23-18(10-15)19(26)25-13-3-1-2-12(8-13)11-22/h1-10H,(H,23,24)(H,25,26). The van der Waals surface area contributed by atoms with Gasteiger partial charge < -0.3 is 10.6 Å². The number of rotatable bonds is 4. The molecule has 0 aliphatic rings. The van der Waals surface area contributed by atoms with Crippen molar-refractivity contribution < 1.29 is 13.6 Å². The number of halogens is 2. The molecule has 1 aromatic heterocycles. The Labute approximate surface area is 147 Å². The molecule has 0 saturated heterocycles. The van der Waals surface area contributed by atoms with E-state index in [9.17, 15) is 13.6 Å². The van der Waals surface area contributed by atoms with Crippen molar-refractivity contribution in [1.29, 1.82) is 5.26 Å². The zero-order chi connectivity index (χ0) is 18.5. The van der Waals surface area contributed by atoms with E-state index in [-0.39, 0.29) is 5.69 Å². The van der Waals surface area contributed by atoms with E-state index in [0.29, 0.717) is 22.6 Å². The van der Waals surface area contributed by atoms with Crippen LogP contribution in [-0.4, -0.2) is 10.9 Å². The fourth-order valence-electron chi connectivity index (χ4n) is 2.23. The summed E-state index contributed by atoms with van der Waals surface area (Å²) in [6.07, 6.45) is 1.42. The smallest absolute Gasteiger partial charge is 0.274 e. The molecule has 3 aromatic rings. The van der Waals surface area contributed by atoms with E-state index in [0.717, 1.165) is 12.1 Å². The minimum absolute atomic E-state index is 0.125. The van der Waals surface area contributed by atoms with E-state index in [1.807, 2.05) is 6.07 Å². The Hall–Kier alpha value is -3.79. The molecular weight excluding hydrogens is 338 g/mol. The highest BCUT2D eigenvalue weighted by Crippen LogP contribution is 2.20. The van der Waals surface area contributed by atoms with Crippen LogP contribution in [-0.2, 0) is 0 Å². The van der Waals surface area contributed by atoms with Gasteiger partial charge in [0.2, 0.25) is 0 Å². The van der Waals surface area contributed by atoms with E-state index in [4.69, 9.17) is 5.26 Å². The van der Waals surface area contributed by atoms with Crippen molar-refractivity contribution in [1.82, 2.24) is 4.98 Å². The first-order chi connectivity index (χ1) is 12.5. The lowest BCUT2D eigenvalue weighted by atomic mass is 10.2. The third kappa shape index (κ3) is 3.99. The van der Waals surface area contributed by atoms with Crippen LogP contribution in [0.2, 0.25) is 0 Å². The molecule has 0 spiro atoms. The number of anilines is 3. The van der Waals surface area contributed by atoms with Gasteiger partial charge in [-0.25, -0.2) is 8.78 Å². The van der Waals surface area contributed by atoms with Gasteiger partial charge in [-0.05, 0) is 42.5 Å². The molecular formula is C19H12F2N4O. The Morgan fingerprint density at radius 1 is 0.962 bits per heavy atom. The van der Waals surface area contributed by atoms with Gasteiger partial charge in [0.25, 0.3) is 5.91 Å². The van der Waals surface area contributed by atoms with E-state index < -0.39 is 17.5 Å².